The molecule has 0 saturated carbocycles. The Hall–Kier alpha value is -1.77. The molecule has 0 bridgehead atoms. The first-order valence-electron chi connectivity index (χ1n) is 3.66. The zero-order valence-electron chi connectivity index (χ0n) is 6.97. The van der Waals surface area contributed by atoms with E-state index in [2.05, 4.69) is 4.98 Å². The highest BCUT2D eigenvalue weighted by Gasteiger charge is 2.18. The van der Waals surface area contributed by atoms with Crippen LogP contribution in [0.3, 0.4) is 0 Å². The van der Waals surface area contributed by atoms with Crippen molar-refractivity contribution in [3.8, 4) is 6.07 Å². The third kappa shape index (κ3) is 1.93. The largest absolute Gasteiger partial charge is 0.396 e. The lowest BCUT2D eigenvalue weighted by atomic mass is 10.2. The van der Waals surface area contributed by atoms with Crippen LogP contribution in [-0.4, -0.2) is 4.98 Å². The highest BCUT2D eigenvalue weighted by molar-refractivity contribution is 5.43. The van der Waals surface area contributed by atoms with Gasteiger partial charge in [0.05, 0.1) is 23.9 Å². The molecule has 0 amide bonds. The standard InChI is InChI=1S/C8H6F3N3/c9-6-5(13)3-4(1-2-12)14-7(6)8(10)11/h3,8H,1H2,(H2,13,14). The van der Waals surface area contributed by atoms with Crippen LogP contribution in [-0.2, 0) is 6.42 Å². The van der Waals surface area contributed by atoms with Crippen LogP contribution in [0.2, 0.25) is 0 Å². The number of halogens is 3. The van der Waals surface area contributed by atoms with E-state index in [9.17, 15) is 13.2 Å². The van der Waals surface area contributed by atoms with Gasteiger partial charge in [-0.15, -0.1) is 0 Å². The number of rotatable bonds is 2. The number of hydrogen-bond donors (Lipinski definition) is 1. The molecule has 0 atom stereocenters. The molecule has 0 saturated heterocycles. The van der Waals surface area contributed by atoms with Gasteiger partial charge in [0.1, 0.15) is 5.69 Å². The molecule has 14 heavy (non-hydrogen) atoms. The second-order valence-electron chi connectivity index (χ2n) is 2.54. The predicted octanol–water partition coefficient (Wildman–Crippen LogP) is 1.81. The molecule has 1 aromatic rings. The van der Waals surface area contributed by atoms with Gasteiger partial charge >= 0.3 is 0 Å². The van der Waals surface area contributed by atoms with E-state index < -0.39 is 23.6 Å². The van der Waals surface area contributed by atoms with Crippen molar-refractivity contribution < 1.29 is 13.2 Å². The normalized spacial score (nSPS) is 10.2. The Kier molecular flexibility index (Phi) is 2.92. The van der Waals surface area contributed by atoms with E-state index in [-0.39, 0.29) is 12.1 Å². The van der Waals surface area contributed by atoms with Gasteiger partial charge in [0.25, 0.3) is 6.43 Å². The Bertz CT molecular complexity index is 384. The van der Waals surface area contributed by atoms with Crippen molar-refractivity contribution in [2.45, 2.75) is 12.8 Å². The van der Waals surface area contributed by atoms with Crippen molar-refractivity contribution in [3.05, 3.63) is 23.3 Å². The minimum Gasteiger partial charge on any atom is -0.396 e. The minimum absolute atomic E-state index is 0.0432. The van der Waals surface area contributed by atoms with Crippen LogP contribution in [0.1, 0.15) is 17.8 Å². The highest BCUT2D eigenvalue weighted by atomic mass is 19.3. The summed E-state index contributed by atoms with van der Waals surface area (Å²) in [4.78, 5) is 3.29. The van der Waals surface area contributed by atoms with Gasteiger partial charge < -0.3 is 5.73 Å². The molecular formula is C8H6F3N3. The lowest BCUT2D eigenvalue weighted by Gasteiger charge is -2.05. The summed E-state index contributed by atoms with van der Waals surface area (Å²) in [5.74, 6) is -1.22. The average molecular weight is 201 g/mol. The third-order valence-corrected chi connectivity index (χ3v) is 1.53. The topological polar surface area (TPSA) is 62.7 Å². The molecule has 0 spiro atoms. The summed E-state index contributed by atoms with van der Waals surface area (Å²) in [5, 5.41) is 8.30. The van der Waals surface area contributed by atoms with E-state index in [0.29, 0.717) is 0 Å². The van der Waals surface area contributed by atoms with E-state index in [0.717, 1.165) is 6.07 Å². The number of aromatic nitrogens is 1. The van der Waals surface area contributed by atoms with Gasteiger partial charge in [0.2, 0.25) is 0 Å². The lowest BCUT2D eigenvalue weighted by Crippen LogP contribution is -2.04. The number of nitrogen functional groups attached to an aromatic ring is 1. The molecule has 3 nitrogen and oxygen atoms in total. The highest BCUT2D eigenvalue weighted by Crippen LogP contribution is 2.24. The van der Waals surface area contributed by atoms with Crippen LogP contribution in [0, 0.1) is 17.1 Å². The molecular weight excluding hydrogens is 195 g/mol. The van der Waals surface area contributed by atoms with Crippen LogP contribution in [0.5, 0.6) is 0 Å². The Morgan fingerprint density at radius 2 is 2.21 bits per heavy atom. The number of alkyl halides is 2. The Balaban J connectivity index is 3.22. The number of nitrogens with two attached hydrogens (primary N) is 1. The summed E-state index contributed by atoms with van der Waals surface area (Å²) in [5.41, 5.74) is 3.75. The van der Waals surface area contributed by atoms with Crippen LogP contribution >= 0.6 is 0 Å². The summed E-state index contributed by atoms with van der Waals surface area (Å²) in [6.45, 7) is 0. The monoisotopic (exact) mass is 201 g/mol. The molecule has 0 fully saturated rings. The minimum atomic E-state index is -3.03. The molecule has 0 aliphatic heterocycles. The van der Waals surface area contributed by atoms with Gasteiger partial charge in [0.15, 0.2) is 5.82 Å². The van der Waals surface area contributed by atoms with Crippen molar-refractivity contribution in [1.29, 1.82) is 5.26 Å². The summed E-state index contributed by atoms with van der Waals surface area (Å²) < 4.78 is 37.3. The summed E-state index contributed by atoms with van der Waals surface area (Å²) in [6.07, 6.45) is -3.21. The zero-order chi connectivity index (χ0) is 10.7. The lowest BCUT2D eigenvalue weighted by molar-refractivity contribution is 0.140. The molecule has 6 heteroatoms. The molecule has 2 N–H and O–H groups in total. The van der Waals surface area contributed by atoms with Crippen LogP contribution in [0.25, 0.3) is 0 Å². The predicted molar refractivity (Wildman–Crippen MR) is 42.9 cm³/mol. The van der Waals surface area contributed by atoms with Crippen LogP contribution < -0.4 is 5.73 Å². The summed E-state index contributed by atoms with van der Waals surface area (Å²) >= 11 is 0. The number of pyridine rings is 1. The van der Waals surface area contributed by atoms with E-state index in [1.807, 2.05) is 0 Å². The van der Waals surface area contributed by atoms with Gasteiger partial charge in [0, 0.05) is 0 Å². The molecule has 0 radical (unpaired) electrons. The van der Waals surface area contributed by atoms with Gasteiger partial charge in [-0.3, -0.25) is 0 Å². The van der Waals surface area contributed by atoms with Crippen LogP contribution in [0.15, 0.2) is 6.07 Å². The smallest absolute Gasteiger partial charge is 0.283 e. The van der Waals surface area contributed by atoms with Gasteiger partial charge in [-0.1, -0.05) is 0 Å². The third-order valence-electron chi connectivity index (χ3n) is 1.53. The van der Waals surface area contributed by atoms with Gasteiger partial charge in [-0.05, 0) is 6.07 Å². The van der Waals surface area contributed by atoms with Crippen molar-refractivity contribution in [1.82, 2.24) is 4.98 Å². The molecule has 0 unspecified atom stereocenters. The Morgan fingerprint density at radius 3 is 2.71 bits per heavy atom. The van der Waals surface area contributed by atoms with E-state index in [4.69, 9.17) is 11.0 Å². The second kappa shape index (κ2) is 3.96. The number of nitrogens with zero attached hydrogens (tertiary/aromatic N) is 2. The zero-order valence-corrected chi connectivity index (χ0v) is 6.97. The molecule has 1 aromatic heterocycles. The maximum Gasteiger partial charge on any atom is 0.283 e. The average Bonchev–Trinajstić information content (AvgIpc) is 2.11. The first kappa shape index (κ1) is 10.3. The van der Waals surface area contributed by atoms with Crippen molar-refractivity contribution >= 4 is 5.69 Å². The van der Waals surface area contributed by atoms with Gasteiger partial charge in [-0.2, -0.15) is 5.26 Å². The number of hydrogen-bond acceptors (Lipinski definition) is 3. The molecule has 74 valence electrons. The Labute approximate surface area is 78.0 Å². The molecule has 1 rings (SSSR count). The molecule has 0 aliphatic carbocycles. The van der Waals surface area contributed by atoms with Crippen molar-refractivity contribution in [2.75, 3.05) is 5.73 Å². The van der Waals surface area contributed by atoms with E-state index >= 15 is 0 Å². The quantitative estimate of drug-likeness (QED) is 0.793. The van der Waals surface area contributed by atoms with Gasteiger partial charge in [-0.25, -0.2) is 18.2 Å². The second-order valence-corrected chi connectivity index (χ2v) is 2.54. The van der Waals surface area contributed by atoms with E-state index in [1.54, 1.807) is 6.07 Å². The van der Waals surface area contributed by atoms with Crippen molar-refractivity contribution in [2.24, 2.45) is 0 Å². The number of anilines is 1. The first-order chi connectivity index (χ1) is 6.56. The van der Waals surface area contributed by atoms with Crippen molar-refractivity contribution in [3.63, 3.8) is 0 Å². The SMILES string of the molecule is N#CCc1cc(N)c(F)c(C(F)F)n1. The number of nitriles is 1. The first-order valence-corrected chi connectivity index (χ1v) is 3.66. The molecule has 0 aromatic carbocycles. The maximum atomic E-state index is 12.9. The summed E-state index contributed by atoms with van der Waals surface area (Å²) in [6, 6.07) is 2.79. The Morgan fingerprint density at radius 1 is 1.57 bits per heavy atom. The molecule has 0 aliphatic rings. The fraction of sp³-hybridized carbons (Fsp3) is 0.250. The fourth-order valence-electron chi connectivity index (χ4n) is 0.943. The summed E-state index contributed by atoms with van der Waals surface area (Å²) in [7, 11) is 0. The van der Waals surface area contributed by atoms with Crippen LogP contribution in [0.4, 0.5) is 18.9 Å². The fourth-order valence-corrected chi connectivity index (χ4v) is 0.943. The maximum absolute atomic E-state index is 12.9. The van der Waals surface area contributed by atoms with E-state index in [1.165, 1.54) is 0 Å². The molecule has 1 heterocycles.